The highest BCUT2D eigenvalue weighted by molar-refractivity contribution is 6.14. The quantitative estimate of drug-likeness (QED) is 0.607. The van der Waals surface area contributed by atoms with E-state index in [2.05, 4.69) is 22.4 Å². The number of carbonyl (C=O) groups is 2. The van der Waals surface area contributed by atoms with Crippen molar-refractivity contribution in [1.82, 2.24) is 9.88 Å². The molecule has 6 nitrogen and oxygen atoms in total. The Morgan fingerprint density at radius 2 is 1.80 bits per heavy atom. The van der Waals surface area contributed by atoms with Crippen LogP contribution in [0.5, 0.6) is 0 Å². The maximum Gasteiger partial charge on any atom is 0.236 e. The fraction of sp³-hybridized carbons (Fsp3) is 0.625. The zero-order valence-electron chi connectivity index (χ0n) is 17.7. The molecule has 3 heterocycles. The van der Waals surface area contributed by atoms with Crippen molar-refractivity contribution in [1.29, 1.82) is 0 Å². The van der Waals surface area contributed by atoms with Gasteiger partial charge in [0, 0.05) is 36.8 Å². The first-order chi connectivity index (χ1) is 14.7. The SMILES string of the molecule is O=C1CC(=O)N(C2CCN(C3/C=C\CCCCC3)CC2)c2ccc(C3CC3)nc2N1. The molecule has 2 aliphatic carbocycles. The van der Waals surface area contributed by atoms with E-state index in [1.165, 1.54) is 32.1 Å². The van der Waals surface area contributed by atoms with Gasteiger partial charge in [0.05, 0.1) is 5.69 Å². The van der Waals surface area contributed by atoms with Crippen molar-refractivity contribution in [3.8, 4) is 0 Å². The molecule has 2 amide bonds. The fourth-order valence-electron chi connectivity index (χ4n) is 5.22. The summed E-state index contributed by atoms with van der Waals surface area (Å²) in [6.07, 6.45) is 15.2. The monoisotopic (exact) mass is 408 g/mol. The summed E-state index contributed by atoms with van der Waals surface area (Å²) in [5.41, 5.74) is 1.81. The molecule has 1 aromatic rings. The average molecular weight is 409 g/mol. The van der Waals surface area contributed by atoms with Gasteiger partial charge in [-0.3, -0.25) is 14.5 Å². The minimum Gasteiger partial charge on any atom is -0.308 e. The summed E-state index contributed by atoms with van der Waals surface area (Å²) in [6, 6.07) is 4.71. The first-order valence-electron chi connectivity index (χ1n) is 11.7. The number of nitrogens with zero attached hydrogens (tertiary/aromatic N) is 3. The van der Waals surface area contributed by atoms with Crippen LogP contribution in [-0.4, -0.2) is 46.9 Å². The van der Waals surface area contributed by atoms with Crippen molar-refractivity contribution < 1.29 is 9.59 Å². The van der Waals surface area contributed by atoms with Gasteiger partial charge < -0.3 is 10.2 Å². The summed E-state index contributed by atoms with van der Waals surface area (Å²) in [6.45, 7) is 1.99. The van der Waals surface area contributed by atoms with Crippen LogP contribution in [0.25, 0.3) is 0 Å². The summed E-state index contributed by atoms with van der Waals surface area (Å²) in [4.78, 5) is 34.5. The summed E-state index contributed by atoms with van der Waals surface area (Å²) >= 11 is 0. The Kier molecular flexibility index (Phi) is 5.59. The third-order valence-corrected chi connectivity index (χ3v) is 7.05. The van der Waals surface area contributed by atoms with Gasteiger partial charge in [0.1, 0.15) is 6.42 Å². The Hall–Kier alpha value is -2.21. The number of fused-ring (bicyclic) bond motifs is 1. The van der Waals surface area contributed by atoms with E-state index in [4.69, 9.17) is 4.98 Å². The van der Waals surface area contributed by atoms with Gasteiger partial charge in [-0.25, -0.2) is 4.98 Å². The first-order valence-corrected chi connectivity index (χ1v) is 11.7. The van der Waals surface area contributed by atoms with Gasteiger partial charge in [-0.2, -0.15) is 0 Å². The molecule has 30 heavy (non-hydrogen) atoms. The molecule has 0 radical (unpaired) electrons. The lowest BCUT2D eigenvalue weighted by Gasteiger charge is -2.41. The van der Waals surface area contributed by atoms with Gasteiger partial charge in [-0.15, -0.1) is 0 Å². The van der Waals surface area contributed by atoms with Crippen molar-refractivity contribution in [2.24, 2.45) is 0 Å². The number of anilines is 2. The third kappa shape index (κ3) is 4.15. The number of carbonyl (C=O) groups excluding carboxylic acids is 2. The number of hydrogen-bond donors (Lipinski definition) is 1. The van der Waals surface area contributed by atoms with Crippen LogP contribution in [0.15, 0.2) is 24.3 Å². The predicted octanol–water partition coefficient (Wildman–Crippen LogP) is 3.99. The van der Waals surface area contributed by atoms with E-state index < -0.39 is 0 Å². The van der Waals surface area contributed by atoms with Gasteiger partial charge in [-0.1, -0.05) is 25.0 Å². The van der Waals surface area contributed by atoms with Crippen molar-refractivity contribution >= 4 is 23.3 Å². The Balaban J connectivity index is 1.33. The van der Waals surface area contributed by atoms with Crippen molar-refractivity contribution in [3.05, 3.63) is 30.0 Å². The molecule has 1 saturated heterocycles. The second kappa shape index (κ2) is 8.50. The van der Waals surface area contributed by atoms with Crippen LogP contribution in [-0.2, 0) is 9.59 Å². The molecular weight excluding hydrogens is 376 g/mol. The molecule has 160 valence electrons. The number of pyridine rings is 1. The van der Waals surface area contributed by atoms with Crippen molar-refractivity contribution in [2.75, 3.05) is 23.3 Å². The second-order valence-corrected chi connectivity index (χ2v) is 9.27. The number of rotatable bonds is 3. The normalized spacial score (nSPS) is 27.6. The highest BCUT2D eigenvalue weighted by Crippen LogP contribution is 2.41. The minimum atomic E-state index is -0.249. The zero-order chi connectivity index (χ0) is 20.5. The Morgan fingerprint density at radius 3 is 2.60 bits per heavy atom. The van der Waals surface area contributed by atoms with Crippen LogP contribution in [0.4, 0.5) is 11.5 Å². The molecule has 0 bridgehead atoms. The van der Waals surface area contributed by atoms with Gasteiger partial charge in [0.15, 0.2) is 5.82 Å². The number of allylic oxidation sites excluding steroid dienone is 1. The third-order valence-electron chi connectivity index (χ3n) is 7.05. The van der Waals surface area contributed by atoms with E-state index >= 15 is 0 Å². The fourth-order valence-corrected chi connectivity index (χ4v) is 5.22. The van der Waals surface area contributed by atoms with Crippen LogP contribution in [0.1, 0.15) is 75.8 Å². The van der Waals surface area contributed by atoms with Crippen LogP contribution in [0.2, 0.25) is 0 Å². The molecule has 6 heteroatoms. The number of aromatic nitrogens is 1. The molecule has 1 aromatic heterocycles. The summed E-state index contributed by atoms with van der Waals surface area (Å²) < 4.78 is 0. The van der Waals surface area contributed by atoms with E-state index in [0.717, 1.165) is 50.2 Å². The summed E-state index contributed by atoms with van der Waals surface area (Å²) in [5.74, 6) is 0.734. The number of amides is 2. The molecule has 1 saturated carbocycles. The van der Waals surface area contributed by atoms with Crippen LogP contribution in [0, 0.1) is 0 Å². The largest absolute Gasteiger partial charge is 0.308 e. The Bertz CT molecular complexity index is 840. The highest BCUT2D eigenvalue weighted by atomic mass is 16.2. The van der Waals surface area contributed by atoms with Crippen LogP contribution < -0.4 is 10.2 Å². The van der Waals surface area contributed by atoms with E-state index in [0.29, 0.717) is 17.8 Å². The maximum atomic E-state index is 13.0. The Labute approximate surface area is 178 Å². The van der Waals surface area contributed by atoms with Crippen LogP contribution in [0.3, 0.4) is 0 Å². The first kappa shape index (κ1) is 19.7. The molecule has 5 rings (SSSR count). The zero-order valence-corrected chi connectivity index (χ0v) is 17.7. The van der Waals surface area contributed by atoms with Gasteiger partial charge in [-0.05, 0) is 57.1 Å². The molecule has 0 aromatic carbocycles. The lowest BCUT2D eigenvalue weighted by atomic mass is 9.96. The molecular formula is C24H32N4O2. The van der Waals surface area contributed by atoms with E-state index in [1.54, 1.807) is 0 Å². The average Bonchev–Trinajstić information content (AvgIpc) is 3.55. The number of likely N-dealkylation sites (tertiary alicyclic amines) is 1. The Morgan fingerprint density at radius 1 is 0.967 bits per heavy atom. The van der Waals surface area contributed by atoms with Gasteiger partial charge in [0.2, 0.25) is 11.8 Å². The second-order valence-electron chi connectivity index (χ2n) is 9.27. The van der Waals surface area contributed by atoms with Crippen molar-refractivity contribution in [2.45, 2.75) is 82.2 Å². The summed E-state index contributed by atoms with van der Waals surface area (Å²) in [5, 5.41) is 2.89. The number of hydrogen-bond acceptors (Lipinski definition) is 4. The van der Waals surface area contributed by atoms with Gasteiger partial charge in [0.25, 0.3) is 0 Å². The minimum absolute atomic E-state index is 0.0965. The number of nitrogens with one attached hydrogen (secondary N) is 1. The van der Waals surface area contributed by atoms with Crippen molar-refractivity contribution in [3.63, 3.8) is 0 Å². The van der Waals surface area contributed by atoms with E-state index in [1.807, 2.05) is 17.0 Å². The van der Waals surface area contributed by atoms with E-state index in [9.17, 15) is 9.59 Å². The molecule has 1 atom stereocenters. The molecule has 1 N–H and O–H groups in total. The lowest BCUT2D eigenvalue weighted by Crippen LogP contribution is -2.49. The summed E-state index contributed by atoms with van der Waals surface area (Å²) in [7, 11) is 0. The number of piperidine rings is 1. The molecule has 0 spiro atoms. The highest BCUT2D eigenvalue weighted by Gasteiger charge is 2.36. The molecule has 4 aliphatic rings. The maximum absolute atomic E-state index is 13.0. The molecule has 2 aliphatic heterocycles. The van der Waals surface area contributed by atoms with Crippen LogP contribution >= 0.6 is 0 Å². The molecule has 1 unspecified atom stereocenters. The predicted molar refractivity (Wildman–Crippen MR) is 118 cm³/mol. The topological polar surface area (TPSA) is 65.5 Å². The smallest absolute Gasteiger partial charge is 0.236 e. The lowest BCUT2D eigenvalue weighted by molar-refractivity contribution is -0.125. The standard InChI is InChI=1S/C24H32N4O2/c29-22-16-23(30)28(21-11-10-20(17-8-9-17)25-24(21)26-22)19-12-14-27(15-13-19)18-6-4-2-1-3-5-7-18/h4,6,10-11,17-19H,1-3,5,7-9,12-16H2,(H,25,26,29)/b6-4-. The van der Waals surface area contributed by atoms with E-state index in [-0.39, 0.29) is 24.3 Å². The molecule has 2 fully saturated rings. The van der Waals surface area contributed by atoms with Gasteiger partial charge >= 0.3 is 0 Å².